The van der Waals surface area contributed by atoms with E-state index in [1.807, 2.05) is 68.4 Å². The van der Waals surface area contributed by atoms with Gasteiger partial charge in [0.05, 0.1) is 0 Å². The van der Waals surface area contributed by atoms with E-state index >= 15 is 0 Å². The van der Waals surface area contributed by atoms with Crippen LogP contribution in [0.1, 0.15) is 27.0 Å². The maximum atomic E-state index is 12.5. The molecule has 3 aromatic carbocycles. The summed E-state index contributed by atoms with van der Waals surface area (Å²) in [7, 11) is 0. The maximum absolute atomic E-state index is 12.5. The molecule has 2 amide bonds. The van der Waals surface area contributed by atoms with Gasteiger partial charge in [0.2, 0.25) is 5.91 Å². The van der Waals surface area contributed by atoms with Crippen LogP contribution in [0.25, 0.3) is 6.08 Å². The minimum Gasteiger partial charge on any atom is -0.323 e. The van der Waals surface area contributed by atoms with Gasteiger partial charge in [0.25, 0.3) is 5.91 Å². The fourth-order valence-corrected chi connectivity index (χ4v) is 2.82. The molecule has 140 valence electrons. The molecule has 0 bridgehead atoms. The second-order valence-electron chi connectivity index (χ2n) is 6.53. The molecule has 0 saturated carbocycles. The second-order valence-corrected chi connectivity index (χ2v) is 6.53. The lowest BCUT2D eigenvalue weighted by Gasteiger charge is -2.12. The highest BCUT2D eigenvalue weighted by Gasteiger charge is 2.10. The molecule has 0 aliphatic rings. The average molecular weight is 370 g/mol. The Labute approximate surface area is 164 Å². The Hall–Kier alpha value is -3.66. The highest BCUT2D eigenvalue weighted by molar-refractivity contribution is 6.06. The number of hydrogen-bond acceptors (Lipinski definition) is 2. The molecule has 0 spiro atoms. The van der Waals surface area contributed by atoms with E-state index in [-0.39, 0.29) is 11.8 Å². The van der Waals surface area contributed by atoms with Crippen molar-refractivity contribution in [2.75, 3.05) is 10.6 Å². The normalized spacial score (nSPS) is 10.6. The smallest absolute Gasteiger partial charge is 0.255 e. The van der Waals surface area contributed by atoms with Gasteiger partial charge >= 0.3 is 0 Å². The molecular formula is C24H22N2O2. The van der Waals surface area contributed by atoms with E-state index in [2.05, 4.69) is 10.6 Å². The van der Waals surface area contributed by atoms with Crippen molar-refractivity contribution in [2.24, 2.45) is 0 Å². The van der Waals surface area contributed by atoms with Crippen LogP contribution in [-0.2, 0) is 4.79 Å². The topological polar surface area (TPSA) is 58.2 Å². The van der Waals surface area contributed by atoms with E-state index in [1.54, 1.807) is 24.3 Å². The molecule has 0 heterocycles. The lowest BCUT2D eigenvalue weighted by molar-refractivity contribution is -0.111. The van der Waals surface area contributed by atoms with E-state index in [1.165, 1.54) is 6.08 Å². The number of rotatable bonds is 5. The van der Waals surface area contributed by atoms with Gasteiger partial charge in [-0.3, -0.25) is 9.59 Å². The molecule has 28 heavy (non-hydrogen) atoms. The molecule has 3 aromatic rings. The Bertz CT molecular complexity index is 1020. The summed E-state index contributed by atoms with van der Waals surface area (Å²) in [5.41, 5.74) is 4.78. The molecule has 0 aromatic heterocycles. The van der Waals surface area contributed by atoms with Crippen molar-refractivity contribution < 1.29 is 9.59 Å². The van der Waals surface area contributed by atoms with Crippen LogP contribution in [-0.4, -0.2) is 11.8 Å². The summed E-state index contributed by atoms with van der Waals surface area (Å²) < 4.78 is 0. The summed E-state index contributed by atoms with van der Waals surface area (Å²) in [6.07, 6.45) is 3.26. The zero-order valence-electron chi connectivity index (χ0n) is 15.9. The van der Waals surface area contributed by atoms with E-state index in [4.69, 9.17) is 0 Å². The lowest BCUT2D eigenvalue weighted by atomic mass is 10.1. The first-order valence-corrected chi connectivity index (χ1v) is 9.04. The van der Waals surface area contributed by atoms with Gasteiger partial charge in [-0.2, -0.15) is 0 Å². The molecule has 0 aliphatic carbocycles. The molecule has 3 rings (SSSR count). The number of hydrogen-bond donors (Lipinski definition) is 2. The highest BCUT2D eigenvalue weighted by atomic mass is 16.2. The molecule has 0 saturated heterocycles. The van der Waals surface area contributed by atoms with Gasteiger partial charge in [-0.05, 0) is 60.9 Å². The zero-order valence-corrected chi connectivity index (χ0v) is 15.9. The Kier molecular flexibility index (Phi) is 6.02. The third-order valence-electron chi connectivity index (χ3n) is 4.36. The van der Waals surface area contributed by atoms with Crippen LogP contribution >= 0.6 is 0 Å². The second kappa shape index (κ2) is 8.82. The number of carbonyl (C=O) groups excluding carboxylic acids is 2. The van der Waals surface area contributed by atoms with Crippen molar-refractivity contribution in [3.05, 3.63) is 101 Å². The largest absolute Gasteiger partial charge is 0.323 e. The molecule has 4 heteroatoms. The van der Waals surface area contributed by atoms with E-state index in [0.717, 1.165) is 16.7 Å². The predicted octanol–water partition coefficient (Wildman–Crippen LogP) is 5.21. The first-order chi connectivity index (χ1) is 13.5. The number of benzene rings is 3. The summed E-state index contributed by atoms with van der Waals surface area (Å²) in [5, 5.41) is 5.76. The van der Waals surface area contributed by atoms with Gasteiger partial charge in [0, 0.05) is 23.0 Å². The molecule has 0 fully saturated rings. The molecule has 4 nitrogen and oxygen atoms in total. The fourth-order valence-electron chi connectivity index (χ4n) is 2.82. The molecule has 0 atom stereocenters. The van der Waals surface area contributed by atoms with Crippen LogP contribution in [0.5, 0.6) is 0 Å². The predicted molar refractivity (Wildman–Crippen MR) is 114 cm³/mol. The van der Waals surface area contributed by atoms with Gasteiger partial charge < -0.3 is 10.6 Å². The van der Waals surface area contributed by atoms with Crippen molar-refractivity contribution in [3.8, 4) is 0 Å². The van der Waals surface area contributed by atoms with Crippen LogP contribution in [0.4, 0.5) is 11.4 Å². The summed E-state index contributed by atoms with van der Waals surface area (Å²) >= 11 is 0. The number of aryl methyl sites for hydroxylation is 2. The van der Waals surface area contributed by atoms with E-state index < -0.39 is 0 Å². The Morgan fingerprint density at radius 2 is 1.50 bits per heavy atom. The maximum Gasteiger partial charge on any atom is 0.255 e. The molecule has 0 unspecified atom stereocenters. The van der Waals surface area contributed by atoms with Crippen molar-refractivity contribution in [3.63, 3.8) is 0 Å². The van der Waals surface area contributed by atoms with Crippen LogP contribution in [0.3, 0.4) is 0 Å². The summed E-state index contributed by atoms with van der Waals surface area (Å²) in [6, 6.07) is 22.5. The molecule has 0 aliphatic heterocycles. The van der Waals surface area contributed by atoms with Gasteiger partial charge in [0.1, 0.15) is 0 Å². The van der Waals surface area contributed by atoms with E-state index in [9.17, 15) is 9.59 Å². The quantitative estimate of drug-likeness (QED) is 0.606. The van der Waals surface area contributed by atoms with Gasteiger partial charge in [-0.25, -0.2) is 0 Å². The SMILES string of the molecule is Cc1cc(NC(=O)/C=C/c2ccccc2)ccc1NC(=O)c1ccccc1C. The van der Waals surface area contributed by atoms with Crippen LogP contribution in [0, 0.1) is 13.8 Å². The van der Waals surface area contributed by atoms with Crippen molar-refractivity contribution in [1.82, 2.24) is 0 Å². The van der Waals surface area contributed by atoms with E-state index in [0.29, 0.717) is 16.9 Å². The minimum absolute atomic E-state index is 0.149. The number of nitrogens with one attached hydrogen (secondary N) is 2. The lowest BCUT2D eigenvalue weighted by Crippen LogP contribution is -2.14. The van der Waals surface area contributed by atoms with Crippen LogP contribution < -0.4 is 10.6 Å². The Balaban J connectivity index is 1.65. The van der Waals surface area contributed by atoms with Crippen LogP contribution in [0.15, 0.2) is 78.9 Å². The number of amides is 2. The first kappa shape index (κ1) is 19.1. The minimum atomic E-state index is -0.208. The third-order valence-corrected chi connectivity index (χ3v) is 4.36. The third kappa shape index (κ3) is 4.95. The van der Waals surface area contributed by atoms with Crippen molar-refractivity contribution in [1.29, 1.82) is 0 Å². The number of anilines is 2. The fraction of sp³-hybridized carbons (Fsp3) is 0.0833. The monoisotopic (exact) mass is 370 g/mol. The van der Waals surface area contributed by atoms with Gasteiger partial charge in [0.15, 0.2) is 0 Å². The van der Waals surface area contributed by atoms with Gasteiger partial charge in [-0.1, -0.05) is 48.5 Å². The summed E-state index contributed by atoms with van der Waals surface area (Å²) in [6.45, 7) is 3.80. The Morgan fingerprint density at radius 1 is 0.786 bits per heavy atom. The average Bonchev–Trinajstić information content (AvgIpc) is 2.69. The summed E-state index contributed by atoms with van der Waals surface area (Å²) in [4.78, 5) is 24.6. The number of carbonyl (C=O) groups is 2. The highest BCUT2D eigenvalue weighted by Crippen LogP contribution is 2.21. The van der Waals surface area contributed by atoms with Crippen LogP contribution in [0.2, 0.25) is 0 Å². The Morgan fingerprint density at radius 3 is 2.21 bits per heavy atom. The molecular weight excluding hydrogens is 348 g/mol. The van der Waals surface area contributed by atoms with Crippen molar-refractivity contribution in [2.45, 2.75) is 13.8 Å². The van der Waals surface area contributed by atoms with Gasteiger partial charge in [-0.15, -0.1) is 0 Å². The molecule has 2 N–H and O–H groups in total. The zero-order chi connectivity index (χ0) is 19.9. The standard InChI is InChI=1S/C24H22N2O2/c1-17-8-6-7-11-21(17)24(28)26-22-14-13-20(16-18(22)2)25-23(27)15-12-19-9-4-3-5-10-19/h3-16H,1-2H3,(H,25,27)(H,26,28)/b15-12+. The molecule has 0 radical (unpaired) electrons. The first-order valence-electron chi connectivity index (χ1n) is 9.04. The van der Waals surface area contributed by atoms with Crippen molar-refractivity contribution >= 4 is 29.3 Å². The summed E-state index contributed by atoms with van der Waals surface area (Å²) in [5.74, 6) is -0.358.